The van der Waals surface area contributed by atoms with Gasteiger partial charge in [0.05, 0.1) is 10.5 Å². The van der Waals surface area contributed by atoms with Crippen molar-refractivity contribution in [2.75, 3.05) is 37.9 Å². The van der Waals surface area contributed by atoms with Crippen molar-refractivity contribution in [1.82, 2.24) is 9.80 Å². The van der Waals surface area contributed by atoms with Gasteiger partial charge in [-0.05, 0) is 37.4 Å². The van der Waals surface area contributed by atoms with Crippen LogP contribution in [0.5, 0.6) is 0 Å². The monoisotopic (exact) mass is 377 g/mol. The van der Waals surface area contributed by atoms with Gasteiger partial charge < -0.3 is 9.80 Å². The Labute approximate surface area is 152 Å². The number of nitrogens with one attached hydrogen (secondary N) is 1. The molecule has 138 valence electrons. The summed E-state index contributed by atoms with van der Waals surface area (Å²) in [6.45, 7) is 2.45. The number of nitrogens with zero attached hydrogens (tertiary/aromatic N) is 2. The molecule has 0 unspecified atom stereocenters. The standard InChI is InChI=1S/C18H20FN3O3S/c1-21-9-11-22(12-10-21)18(23)16-13-14(7-8-17(16)19)20-26(24,25)15-5-3-2-4-6-15/h2-8,13,20H,9-12H2,1H3. The minimum atomic E-state index is -3.80. The summed E-state index contributed by atoms with van der Waals surface area (Å²) in [4.78, 5) is 16.4. The van der Waals surface area contributed by atoms with E-state index in [-0.39, 0.29) is 16.1 Å². The van der Waals surface area contributed by atoms with Crippen molar-refractivity contribution >= 4 is 21.6 Å². The SMILES string of the molecule is CN1CCN(C(=O)c2cc(NS(=O)(=O)c3ccccc3)ccc2F)CC1. The number of benzene rings is 2. The number of carbonyl (C=O) groups excluding carboxylic acids is 1. The van der Waals surface area contributed by atoms with Gasteiger partial charge in [0.2, 0.25) is 0 Å². The molecule has 2 aromatic carbocycles. The van der Waals surface area contributed by atoms with E-state index in [1.807, 2.05) is 7.05 Å². The smallest absolute Gasteiger partial charge is 0.261 e. The van der Waals surface area contributed by atoms with E-state index in [2.05, 4.69) is 9.62 Å². The Hall–Kier alpha value is -2.45. The zero-order chi connectivity index (χ0) is 18.7. The molecule has 2 aromatic rings. The summed E-state index contributed by atoms with van der Waals surface area (Å²) in [5.41, 5.74) is 0.00976. The van der Waals surface area contributed by atoms with E-state index in [0.717, 1.165) is 6.07 Å². The summed E-state index contributed by atoms with van der Waals surface area (Å²) in [7, 11) is -1.85. The van der Waals surface area contributed by atoms with Crippen molar-refractivity contribution in [3.05, 3.63) is 59.9 Å². The molecule has 6 nitrogen and oxygen atoms in total. The number of rotatable bonds is 4. The highest BCUT2D eigenvalue weighted by atomic mass is 32.2. The molecule has 1 saturated heterocycles. The average molecular weight is 377 g/mol. The molecule has 0 spiro atoms. The second-order valence-electron chi connectivity index (χ2n) is 6.21. The molecule has 3 rings (SSSR count). The predicted molar refractivity (Wildman–Crippen MR) is 97.1 cm³/mol. The minimum Gasteiger partial charge on any atom is -0.336 e. The van der Waals surface area contributed by atoms with Gasteiger partial charge in [-0.3, -0.25) is 9.52 Å². The number of sulfonamides is 1. The molecule has 1 heterocycles. The molecule has 1 aliphatic rings. The number of likely N-dealkylation sites (N-methyl/N-ethyl adjacent to an activating group) is 1. The van der Waals surface area contributed by atoms with Gasteiger partial charge in [0.25, 0.3) is 15.9 Å². The number of amides is 1. The average Bonchev–Trinajstić information content (AvgIpc) is 2.64. The molecule has 8 heteroatoms. The van der Waals surface area contributed by atoms with Crippen molar-refractivity contribution < 1.29 is 17.6 Å². The second-order valence-corrected chi connectivity index (χ2v) is 7.89. The van der Waals surface area contributed by atoms with Crippen LogP contribution in [-0.4, -0.2) is 57.4 Å². The Morgan fingerprint density at radius 1 is 1.04 bits per heavy atom. The lowest BCUT2D eigenvalue weighted by Gasteiger charge is -2.32. The molecular weight excluding hydrogens is 357 g/mol. The second kappa shape index (κ2) is 7.43. The lowest BCUT2D eigenvalue weighted by molar-refractivity contribution is 0.0659. The third kappa shape index (κ3) is 4.03. The van der Waals surface area contributed by atoms with Gasteiger partial charge in [0.15, 0.2) is 0 Å². The van der Waals surface area contributed by atoms with Crippen LogP contribution in [0.2, 0.25) is 0 Å². The Morgan fingerprint density at radius 2 is 1.69 bits per heavy atom. The molecule has 1 N–H and O–H groups in total. The first-order chi connectivity index (χ1) is 12.4. The van der Waals surface area contributed by atoms with Crippen LogP contribution in [0.15, 0.2) is 53.4 Å². The molecule has 0 aliphatic carbocycles. The number of halogens is 1. The highest BCUT2D eigenvalue weighted by Crippen LogP contribution is 2.21. The molecule has 0 atom stereocenters. The topological polar surface area (TPSA) is 69.7 Å². The molecular formula is C18H20FN3O3S. The number of carbonyl (C=O) groups is 1. The van der Waals surface area contributed by atoms with Crippen LogP contribution in [0.25, 0.3) is 0 Å². The van der Waals surface area contributed by atoms with Gasteiger partial charge in [-0.2, -0.15) is 0 Å². The molecule has 0 radical (unpaired) electrons. The maximum Gasteiger partial charge on any atom is 0.261 e. The third-order valence-corrected chi connectivity index (χ3v) is 5.69. The Kier molecular flexibility index (Phi) is 5.24. The van der Waals surface area contributed by atoms with Gasteiger partial charge in [0, 0.05) is 31.9 Å². The van der Waals surface area contributed by atoms with E-state index >= 15 is 0 Å². The maximum atomic E-state index is 14.2. The number of piperazine rings is 1. The Balaban J connectivity index is 1.83. The molecule has 1 fully saturated rings. The highest BCUT2D eigenvalue weighted by molar-refractivity contribution is 7.92. The Morgan fingerprint density at radius 3 is 2.35 bits per heavy atom. The van der Waals surface area contributed by atoms with Crippen molar-refractivity contribution in [2.24, 2.45) is 0 Å². The van der Waals surface area contributed by atoms with Crippen molar-refractivity contribution in [3.8, 4) is 0 Å². The first-order valence-electron chi connectivity index (χ1n) is 8.22. The van der Waals surface area contributed by atoms with E-state index in [1.165, 1.54) is 24.3 Å². The molecule has 0 bridgehead atoms. The first kappa shape index (κ1) is 18.3. The van der Waals surface area contributed by atoms with Crippen LogP contribution in [0.4, 0.5) is 10.1 Å². The fraction of sp³-hybridized carbons (Fsp3) is 0.278. The largest absolute Gasteiger partial charge is 0.336 e. The quantitative estimate of drug-likeness (QED) is 0.885. The van der Waals surface area contributed by atoms with E-state index in [9.17, 15) is 17.6 Å². The van der Waals surface area contributed by atoms with Gasteiger partial charge in [-0.25, -0.2) is 12.8 Å². The highest BCUT2D eigenvalue weighted by Gasteiger charge is 2.24. The lowest BCUT2D eigenvalue weighted by Crippen LogP contribution is -2.47. The normalized spacial score (nSPS) is 15.7. The third-order valence-electron chi connectivity index (χ3n) is 4.29. The van der Waals surface area contributed by atoms with Crippen molar-refractivity contribution in [1.29, 1.82) is 0 Å². The first-order valence-corrected chi connectivity index (χ1v) is 9.70. The van der Waals surface area contributed by atoms with E-state index < -0.39 is 21.7 Å². The van der Waals surface area contributed by atoms with Crippen LogP contribution in [-0.2, 0) is 10.0 Å². The van der Waals surface area contributed by atoms with Gasteiger partial charge in [-0.1, -0.05) is 18.2 Å². The van der Waals surface area contributed by atoms with E-state index in [0.29, 0.717) is 26.2 Å². The van der Waals surface area contributed by atoms with Crippen molar-refractivity contribution in [3.63, 3.8) is 0 Å². The van der Waals surface area contributed by atoms with Crippen LogP contribution >= 0.6 is 0 Å². The minimum absolute atomic E-state index is 0.0938. The summed E-state index contributed by atoms with van der Waals surface area (Å²) in [5.74, 6) is -1.10. The van der Waals surface area contributed by atoms with Crippen LogP contribution in [0, 0.1) is 5.82 Å². The molecule has 0 aromatic heterocycles. The van der Waals surface area contributed by atoms with E-state index in [4.69, 9.17) is 0 Å². The fourth-order valence-corrected chi connectivity index (χ4v) is 3.82. The van der Waals surface area contributed by atoms with Crippen LogP contribution in [0.3, 0.4) is 0 Å². The Bertz CT molecular complexity index is 895. The summed E-state index contributed by atoms with van der Waals surface area (Å²) < 4.78 is 41.4. The maximum absolute atomic E-state index is 14.2. The molecule has 26 heavy (non-hydrogen) atoms. The number of hydrogen-bond donors (Lipinski definition) is 1. The molecule has 0 saturated carbocycles. The summed E-state index contributed by atoms with van der Waals surface area (Å²) in [6.07, 6.45) is 0. The summed E-state index contributed by atoms with van der Waals surface area (Å²) in [5, 5.41) is 0. The van der Waals surface area contributed by atoms with Gasteiger partial charge >= 0.3 is 0 Å². The zero-order valence-corrected chi connectivity index (χ0v) is 15.2. The summed E-state index contributed by atoms with van der Waals surface area (Å²) in [6, 6.07) is 11.5. The van der Waals surface area contributed by atoms with Gasteiger partial charge in [-0.15, -0.1) is 0 Å². The van der Waals surface area contributed by atoms with Crippen LogP contribution < -0.4 is 4.72 Å². The zero-order valence-electron chi connectivity index (χ0n) is 14.4. The van der Waals surface area contributed by atoms with E-state index in [1.54, 1.807) is 23.1 Å². The lowest BCUT2D eigenvalue weighted by atomic mass is 10.1. The molecule has 1 aliphatic heterocycles. The van der Waals surface area contributed by atoms with Crippen molar-refractivity contribution in [2.45, 2.75) is 4.90 Å². The predicted octanol–water partition coefficient (Wildman–Crippen LogP) is 2.01. The van der Waals surface area contributed by atoms with Gasteiger partial charge in [0.1, 0.15) is 5.82 Å². The number of hydrogen-bond acceptors (Lipinski definition) is 4. The molecule has 1 amide bonds. The number of anilines is 1. The van der Waals surface area contributed by atoms with Crippen LogP contribution in [0.1, 0.15) is 10.4 Å². The summed E-state index contributed by atoms with van der Waals surface area (Å²) >= 11 is 0. The fourth-order valence-electron chi connectivity index (χ4n) is 2.75.